The summed E-state index contributed by atoms with van der Waals surface area (Å²) in [5.74, 6) is -0.0790. The van der Waals surface area contributed by atoms with Crippen molar-refractivity contribution in [3.8, 4) is 17.4 Å². The summed E-state index contributed by atoms with van der Waals surface area (Å²) in [6.07, 6.45) is 0. The van der Waals surface area contributed by atoms with E-state index in [1.54, 1.807) is 50.6 Å². The van der Waals surface area contributed by atoms with E-state index >= 15 is 0 Å². The molecule has 0 saturated carbocycles. The topological polar surface area (TPSA) is 82.5 Å². The molecule has 0 atom stereocenters. The van der Waals surface area contributed by atoms with Crippen LogP contribution in [0.1, 0.15) is 21.6 Å². The van der Waals surface area contributed by atoms with Crippen LogP contribution >= 0.6 is 0 Å². The lowest BCUT2D eigenvalue weighted by atomic mass is 10.1. The normalized spacial score (nSPS) is 10.6. The smallest absolute Gasteiger partial charge is 0.259 e. The lowest BCUT2D eigenvalue weighted by molar-refractivity contribution is -0.678. The van der Waals surface area contributed by atoms with Crippen LogP contribution < -0.4 is 14.5 Å². The average Bonchev–Trinajstić information content (AvgIpc) is 3.02. The largest absolute Gasteiger partial charge is 0.539 e. The van der Waals surface area contributed by atoms with Gasteiger partial charge in [0, 0.05) is 24.7 Å². The minimum atomic E-state index is -0.579. The third-order valence-electron chi connectivity index (χ3n) is 4.05. The molecule has 2 aromatic carbocycles. The monoisotopic (exact) mass is 353 g/mol. The first-order valence-electron chi connectivity index (χ1n) is 8.04. The molecule has 3 rings (SSSR count). The van der Waals surface area contributed by atoms with Gasteiger partial charge in [0.1, 0.15) is 12.3 Å². The Morgan fingerprint density at radius 2 is 1.85 bits per heavy atom. The summed E-state index contributed by atoms with van der Waals surface area (Å²) in [7, 11) is 3.21. The molecule has 0 aliphatic rings. The SMILES string of the molecule is COc1ccc(-[n+]2noc([O-])c2CN(C)C(=O)c2ccc(C)cc2)cc1. The highest BCUT2D eigenvalue weighted by Crippen LogP contribution is 2.16. The maximum atomic E-state index is 12.6. The van der Waals surface area contributed by atoms with E-state index in [4.69, 9.17) is 9.26 Å². The lowest BCUT2D eigenvalue weighted by Crippen LogP contribution is -2.40. The number of amides is 1. The Morgan fingerprint density at radius 3 is 2.46 bits per heavy atom. The van der Waals surface area contributed by atoms with Crippen molar-refractivity contribution in [3.63, 3.8) is 0 Å². The fourth-order valence-electron chi connectivity index (χ4n) is 2.54. The van der Waals surface area contributed by atoms with Crippen LogP contribution in [0.2, 0.25) is 0 Å². The minimum Gasteiger partial charge on any atom is -0.539 e. The highest BCUT2D eigenvalue weighted by molar-refractivity contribution is 5.94. The lowest BCUT2D eigenvalue weighted by Gasteiger charge is -2.15. The summed E-state index contributed by atoms with van der Waals surface area (Å²) in [6, 6.07) is 14.3. The third-order valence-corrected chi connectivity index (χ3v) is 4.05. The van der Waals surface area contributed by atoms with Gasteiger partial charge >= 0.3 is 0 Å². The maximum Gasteiger partial charge on any atom is 0.259 e. The van der Waals surface area contributed by atoms with Crippen molar-refractivity contribution in [1.82, 2.24) is 10.2 Å². The zero-order valence-corrected chi connectivity index (χ0v) is 14.8. The van der Waals surface area contributed by atoms with Crippen molar-refractivity contribution in [2.45, 2.75) is 13.5 Å². The Balaban J connectivity index is 1.84. The van der Waals surface area contributed by atoms with Gasteiger partial charge in [-0.2, -0.15) is 0 Å². The number of aryl methyl sites for hydroxylation is 1. The third kappa shape index (κ3) is 3.51. The van der Waals surface area contributed by atoms with E-state index in [1.807, 2.05) is 19.1 Å². The van der Waals surface area contributed by atoms with Crippen molar-refractivity contribution < 1.29 is 23.8 Å². The molecule has 0 saturated heterocycles. The number of carbonyl (C=O) groups is 1. The second kappa shape index (κ2) is 7.26. The molecule has 0 aliphatic heterocycles. The van der Waals surface area contributed by atoms with Gasteiger partial charge in [-0.1, -0.05) is 17.7 Å². The molecule has 1 aromatic heterocycles. The number of benzene rings is 2. The van der Waals surface area contributed by atoms with Crippen molar-refractivity contribution in [3.05, 3.63) is 65.4 Å². The summed E-state index contributed by atoms with van der Waals surface area (Å²) in [5.41, 5.74) is 2.53. The predicted molar refractivity (Wildman–Crippen MR) is 91.0 cm³/mol. The molecule has 7 heteroatoms. The van der Waals surface area contributed by atoms with Gasteiger partial charge < -0.3 is 19.3 Å². The second-order valence-electron chi connectivity index (χ2n) is 5.94. The number of rotatable bonds is 5. The van der Waals surface area contributed by atoms with Crippen LogP contribution in [0.4, 0.5) is 0 Å². The zero-order chi connectivity index (χ0) is 18.7. The first-order valence-corrected chi connectivity index (χ1v) is 8.04. The van der Waals surface area contributed by atoms with Crippen molar-refractivity contribution in [1.29, 1.82) is 0 Å². The molecule has 0 bridgehead atoms. The number of ether oxygens (including phenoxy) is 1. The Morgan fingerprint density at radius 1 is 1.19 bits per heavy atom. The van der Waals surface area contributed by atoms with Gasteiger partial charge in [0.05, 0.1) is 12.4 Å². The molecule has 134 valence electrons. The van der Waals surface area contributed by atoms with E-state index in [0.717, 1.165) is 5.56 Å². The summed E-state index contributed by atoms with van der Waals surface area (Å²) < 4.78 is 11.3. The van der Waals surface area contributed by atoms with E-state index in [1.165, 1.54) is 9.58 Å². The quantitative estimate of drug-likeness (QED) is 0.651. The fraction of sp³-hybridized carbons (Fsp3) is 0.211. The first-order chi connectivity index (χ1) is 12.5. The van der Waals surface area contributed by atoms with Crippen LogP contribution in [0.25, 0.3) is 5.69 Å². The Bertz CT molecular complexity index is 902. The van der Waals surface area contributed by atoms with Crippen LogP contribution in [-0.2, 0) is 6.54 Å². The highest BCUT2D eigenvalue weighted by atomic mass is 16.6. The van der Waals surface area contributed by atoms with Crippen molar-refractivity contribution in [2.75, 3.05) is 14.2 Å². The van der Waals surface area contributed by atoms with Gasteiger partial charge in [-0.25, -0.2) is 0 Å². The van der Waals surface area contributed by atoms with Gasteiger partial charge in [0.25, 0.3) is 11.6 Å². The molecular weight excluding hydrogens is 334 g/mol. The Kier molecular flexibility index (Phi) is 4.88. The molecular formula is C19H19N3O4. The van der Waals surface area contributed by atoms with E-state index in [0.29, 0.717) is 17.0 Å². The molecule has 3 aromatic rings. The molecule has 0 N–H and O–H groups in total. The fourth-order valence-corrected chi connectivity index (χ4v) is 2.54. The molecule has 0 aliphatic carbocycles. The van der Waals surface area contributed by atoms with E-state index in [-0.39, 0.29) is 18.1 Å². The number of carbonyl (C=O) groups excluding carboxylic acids is 1. The van der Waals surface area contributed by atoms with Gasteiger partial charge in [0.2, 0.25) is 5.69 Å². The molecule has 7 nitrogen and oxygen atoms in total. The van der Waals surface area contributed by atoms with Gasteiger partial charge in [-0.15, -0.1) is 0 Å². The summed E-state index contributed by atoms with van der Waals surface area (Å²) in [5, 5.41) is 15.9. The number of hydrogen-bond donors (Lipinski definition) is 0. The van der Waals surface area contributed by atoms with Crippen LogP contribution in [-0.4, -0.2) is 30.2 Å². The van der Waals surface area contributed by atoms with Crippen molar-refractivity contribution >= 4 is 5.91 Å². The molecule has 0 unspecified atom stereocenters. The summed E-state index contributed by atoms with van der Waals surface area (Å²) >= 11 is 0. The number of aromatic nitrogens is 2. The predicted octanol–water partition coefficient (Wildman–Crippen LogP) is 1.61. The van der Waals surface area contributed by atoms with E-state index in [2.05, 4.69) is 5.27 Å². The van der Waals surface area contributed by atoms with Gasteiger partial charge in [-0.3, -0.25) is 4.79 Å². The Labute approximate surface area is 151 Å². The standard InChI is InChI=1S/C19H19N3O4/c1-13-4-6-14(7-5-13)18(23)21(2)12-17-19(24)26-20-22(17)15-8-10-16(25-3)11-9-15/h4-11H,12H2,1-3H3. The molecule has 26 heavy (non-hydrogen) atoms. The minimum absolute atomic E-state index is 0.0705. The number of hydrogen-bond acceptors (Lipinski definition) is 5. The zero-order valence-electron chi connectivity index (χ0n) is 14.8. The molecule has 0 spiro atoms. The highest BCUT2D eigenvalue weighted by Gasteiger charge is 2.24. The van der Waals surface area contributed by atoms with Crippen LogP contribution in [0.15, 0.2) is 53.1 Å². The number of nitrogens with zero attached hydrogens (tertiary/aromatic N) is 3. The van der Waals surface area contributed by atoms with Gasteiger partial charge in [-0.05, 0) is 35.9 Å². The van der Waals surface area contributed by atoms with E-state index < -0.39 is 5.95 Å². The van der Waals surface area contributed by atoms with Gasteiger partial charge in [0.15, 0.2) is 5.95 Å². The van der Waals surface area contributed by atoms with Crippen LogP contribution in [0, 0.1) is 6.92 Å². The Hall–Kier alpha value is -3.35. The first kappa shape index (κ1) is 17.5. The summed E-state index contributed by atoms with van der Waals surface area (Å²) in [6.45, 7) is 2.03. The van der Waals surface area contributed by atoms with Crippen molar-refractivity contribution in [2.24, 2.45) is 0 Å². The molecule has 1 heterocycles. The van der Waals surface area contributed by atoms with E-state index in [9.17, 15) is 9.90 Å². The van der Waals surface area contributed by atoms with Crippen LogP contribution in [0.3, 0.4) is 0 Å². The second-order valence-corrected chi connectivity index (χ2v) is 5.94. The average molecular weight is 353 g/mol. The summed E-state index contributed by atoms with van der Waals surface area (Å²) in [4.78, 5) is 14.0. The maximum absolute atomic E-state index is 12.6. The molecule has 0 fully saturated rings. The molecule has 1 amide bonds. The molecule has 0 radical (unpaired) electrons. The van der Waals surface area contributed by atoms with Crippen LogP contribution in [0.5, 0.6) is 11.7 Å². The number of methoxy groups -OCH3 is 1.